The smallest absolute Gasteiger partial charge is 0.0169 e. The predicted molar refractivity (Wildman–Crippen MR) is 78.6 cm³/mol. The Morgan fingerprint density at radius 1 is 1.00 bits per heavy atom. The van der Waals surface area contributed by atoms with Gasteiger partial charge in [-0.2, -0.15) is 0 Å². The molecule has 2 rings (SSSR count). The molecule has 2 unspecified atom stereocenters. The predicted octanol–water partition coefficient (Wildman–Crippen LogP) is 1.51. The standard InChI is InChI=1S/C12H25N3.2ClH/c1-10-7-15(8-11(2)14-10)9-12-3-5-13-6-4-12;;/h10-14H,3-9H2,1-2H3;2*1H. The monoisotopic (exact) mass is 283 g/mol. The van der Waals surface area contributed by atoms with Crippen molar-refractivity contribution in [2.45, 2.75) is 38.8 Å². The van der Waals surface area contributed by atoms with Crippen LogP contribution in [0, 0.1) is 5.92 Å². The summed E-state index contributed by atoms with van der Waals surface area (Å²) in [4.78, 5) is 2.65. The lowest BCUT2D eigenvalue weighted by Gasteiger charge is -2.38. The minimum Gasteiger partial charge on any atom is -0.317 e. The summed E-state index contributed by atoms with van der Waals surface area (Å²) in [5, 5.41) is 7.03. The van der Waals surface area contributed by atoms with E-state index in [9.17, 15) is 0 Å². The Labute approximate surface area is 118 Å². The highest BCUT2D eigenvalue weighted by atomic mass is 35.5. The minimum absolute atomic E-state index is 0. The first kappa shape index (κ1) is 17.5. The Bertz CT molecular complexity index is 188. The van der Waals surface area contributed by atoms with E-state index >= 15 is 0 Å². The van der Waals surface area contributed by atoms with Crippen LogP contribution in [0.3, 0.4) is 0 Å². The van der Waals surface area contributed by atoms with Crippen molar-refractivity contribution in [2.75, 3.05) is 32.7 Å². The second kappa shape index (κ2) is 8.54. The van der Waals surface area contributed by atoms with E-state index in [-0.39, 0.29) is 24.8 Å². The van der Waals surface area contributed by atoms with Crippen molar-refractivity contribution >= 4 is 24.8 Å². The molecule has 2 aliphatic heterocycles. The number of hydrogen-bond acceptors (Lipinski definition) is 3. The molecule has 0 aromatic heterocycles. The van der Waals surface area contributed by atoms with Gasteiger partial charge in [0.15, 0.2) is 0 Å². The molecule has 0 radical (unpaired) electrons. The van der Waals surface area contributed by atoms with Crippen molar-refractivity contribution < 1.29 is 0 Å². The quantitative estimate of drug-likeness (QED) is 0.805. The summed E-state index contributed by atoms with van der Waals surface area (Å²) >= 11 is 0. The molecule has 0 aliphatic carbocycles. The molecular weight excluding hydrogens is 257 g/mol. The molecule has 2 heterocycles. The number of hydrogen-bond donors (Lipinski definition) is 2. The van der Waals surface area contributed by atoms with Crippen LogP contribution in [0.5, 0.6) is 0 Å². The summed E-state index contributed by atoms with van der Waals surface area (Å²) in [6.07, 6.45) is 2.74. The third-order valence-corrected chi connectivity index (χ3v) is 3.61. The maximum Gasteiger partial charge on any atom is 0.0169 e. The van der Waals surface area contributed by atoms with Gasteiger partial charge in [-0.3, -0.25) is 4.90 Å². The number of nitrogens with one attached hydrogen (secondary N) is 2. The molecule has 5 heteroatoms. The Morgan fingerprint density at radius 3 is 2.06 bits per heavy atom. The Morgan fingerprint density at radius 2 is 1.53 bits per heavy atom. The fraction of sp³-hybridized carbons (Fsp3) is 1.00. The molecule has 2 N–H and O–H groups in total. The van der Waals surface area contributed by atoms with Crippen molar-refractivity contribution in [3.8, 4) is 0 Å². The number of rotatable bonds is 2. The van der Waals surface area contributed by atoms with Crippen LogP contribution in [-0.4, -0.2) is 49.7 Å². The molecule has 17 heavy (non-hydrogen) atoms. The molecular formula is C12H27Cl2N3. The lowest BCUT2D eigenvalue weighted by atomic mass is 9.96. The summed E-state index contributed by atoms with van der Waals surface area (Å²) in [5.74, 6) is 0.934. The van der Waals surface area contributed by atoms with Crippen molar-refractivity contribution in [3.05, 3.63) is 0 Å². The molecule has 2 atom stereocenters. The molecule has 0 saturated carbocycles. The Hall–Kier alpha value is 0.460. The van der Waals surface area contributed by atoms with Gasteiger partial charge in [0.05, 0.1) is 0 Å². The molecule has 2 aliphatic rings. The fourth-order valence-corrected chi connectivity index (χ4v) is 3.02. The largest absolute Gasteiger partial charge is 0.317 e. The van der Waals surface area contributed by atoms with E-state index in [4.69, 9.17) is 0 Å². The number of piperidine rings is 1. The number of nitrogens with zero attached hydrogens (tertiary/aromatic N) is 1. The zero-order valence-corrected chi connectivity index (χ0v) is 12.6. The van der Waals surface area contributed by atoms with Gasteiger partial charge in [0.1, 0.15) is 0 Å². The first-order valence-corrected chi connectivity index (χ1v) is 6.43. The zero-order chi connectivity index (χ0) is 10.7. The Balaban J connectivity index is 0.00000128. The van der Waals surface area contributed by atoms with Gasteiger partial charge < -0.3 is 10.6 Å². The van der Waals surface area contributed by atoms with Gasteiger partial charge in [0.25, 0.3) is 0 Å². The van der Waals surface area contributed by atoms with Crippen molar-refractivity contribution in [1.29, 1.82) is 0 Å². The van der Waals surface area contributed by atoms with Crippen LogP contribution in [0.4, 0.5) is 0 Å². The first-order chi connectivity index (χ1) is 7.24. The molecule has 2 saturated heterocycles. The lowest BCUT2D eigenvalue weighted by Crippen LogP contribution is -2.55. The highest BCUT2D eigenvalue weighted by Crippen LogP contribution is 2.15. The van der Waals surface area contributed by atoms with Gasteiger partial charge in [-0.1, -0.05) is 0 Å². The third-order valence-electron chi connectivity index (χ3n) is 3.61. The molecule has 0 aromatic carbocycles. The molecule has 2 fully saturated rings. The maximum absolute atomic E-state index is 3.59. The van der Waals surface area contributed by atoms with Crippen LogP contribution in [-0.2, 0) is 0 Å². The minimum atomic E-state index is 0. The van der Waals surface area contributed by atoms with Crippen molar-refractivity contribution in [1.82, 2.24) is 15.5 Å². The summed E-state index contributed by atoms with van der Waals surface area (Å²) < 4.78 is 0. The topological polar surface area (TPSA) is 27.3 Å². The lowest BCUT2D eigenvalue weighted by molar-refractivity contribution is 0.140. The van der Waals surface area contributed by atoms with E-state index in [2.05, 4.69) is 29.4 Å². The summed E-state index contributed by atoms with van der Waals surface area (Å²) in [7, 11) is 0. The van der Waals surface area contributed by atoms with Crippen LogP contribution >= 0.6 is 24.8 Å². The van der Waals surface area contributed by atoms with Crippen LogP contribution in [0.25, 0.3) is 0 Å². The number of halogens is 2. The van der Waals surface area contributed by atoms with Crippen LogP contribution < -0.4 is 10.6 Å². The molecule has 104 valence electrons. The zero-order valence-electron chi connectivity index (χ0n) is 10.9. The van der Waals surface area contributed by atoms with Gasteiger partial charge in [0, 0.05) is 31.7 Å². The van der Waals surface area contributed by atoms with Gasteiger partial charge in [-0.25, -0.2) is 0 Å². The Kier molecular flexibility index (Phi) is 8.77. The van der Waals surface area contributed by atoms with E-state index < -0.39 is 0 Å². The molecule has 0 aromatic rings. The first-order valence-electron chi connectivity index (χ1n) is 6.43. The fourth-order valence-electron chi connectivity index (χ4n) is 3.02. The molecule has 0 amide bonds. The summed E-state index contributed by atoms with van der Waals surface area (Å²) in [6, 6.07) is 1.32. The van der Waals surface area contributed by atoms with E-state index in [1.165, 1.54) is 45.6 Å². The summed E-state index contributed by atoms with van der Waals surface area (Å²) in [6.45, 7) is 10.8. The van der Waals surface area contributed by atoms with Gasteiger partial charge in [-0.15, -0.1) is 24.8 Å². The van der Waals surface area contributed by atoms with Crippen LogP contribution in [0.15, 0.2) is 0 Å². The van der Waals surface area contributed by atoms with Gasteiger partial charge in [0.2, 0.25) is 0 Å². The molecule has 3 nitrogen and oxygen atoms in total. The second-order valence-electron chi connectivity index (χ2n) is 5.38. The highest BCUT2D eigenvalue weighted by Gasteiger charge is 2.23. The molecule has 0 spiro atoms. The SMILES string of the molecule is CC1CN(CC2CCNCC2)CC(C)N1.Cl.Cl. The molecule has 0 bridgehead atoms. The van der Waals surface area contributed by atoms with Gasteiger partial charge in [-0.05, 0) is 45.7 Å². The average Bonchev–Trinajstić information content (AvgIpc) is 2.17. The summed E-state index contributed by atoms with van der Waals surface area (Å²) in [5.41, 5.74) is 0. The maximum atomic E-state index is 3.59. The average molecular weight is 284 g/mol. The van der Waals surface area contributed by atoms with E-state index in [1.807, 2.05) is 0 Å². The van der Waals surface area contributed by atoms with Crippen LogP contribution in [0.2, 0.25) is 0 Å². The normalized spacial score (nSPS) is 31.4. The van der Waals surface area contributed by atoms with Crippen molar-refractivity contribution in [2.24, 2.45) is 5.92 Å². The van der Waals surface area contributed by atoms with E-state index in [0.29, 0.717) is 12.1 Å². The second-order valence-corrected chi connectivity index (χ2v) is 5.38. The van der Waals surface area contributed by atoms with E-state index in [1.54, 1.807) is 0 Å². The number of piperazine rings is 1. The van der Waals surface area contributed by atoms with E-state index in [0.717, 1.165) is 5.92 Å². The van der Waals surface area contributed by atoms with Gasteiger partial charge >= 0.3 is 0 Å². The highest BCUT2D eigenvalue weighted by molar-refractivity contribution is 5.85. The van der Waals surface area contributed by atoms with Crippen LogP contribution in [0.1, 0.15) is 26.7 Å². The van der Waals surface area contributed by atoms with Crippen molar-refractivity contribution in [3.63, 3.8) is 0 Å². The third kappa shape index (κ3) is 5.75.